The first-order valence-electron chi connectivity index (χ1n) is 9.08. The molecule has 1 fully saturated rings. The van der Waals surface area contributed by atoms with Crippen molar-refractivity contribution in [2.75, 3.05) is 19.7 Å². The van der Waals surface area contributed by atoms with Crippen LogP contribution in [0.4, 0.5) is 4.79 Å². The highest BCUT2D eigenvalue weighted by atomic mass is 16.3. The van der Waals surface area contributed by atoms with Crippen LogP contribution in [-0.2, 0) is 13.1 Å². The van der Waals surface area contributed by atoms with Gasteiger partial charge in [-0.05, 0) is 37.1 Å². The molecule has 2 rings (SSSR count). The normalized spacial score (nSPS) is 16.3. The van der Waals surface area contributed by atoms with Gasteiger partial charge in [0.25, 0.3) is 0 Å². The van der Waals surface area contributed by atoms with Crippen molar-refractivity contribution in [1.82, 2.24) is 15.5 Å². The summed E-state index contributed by atoms with van der Waals surface area (Å²) in [7, 11) is 0. The highest BCUT2D eigenvalue weighted by molar-refractivity contribution is 5.74. The predicted molar refractivity (Wildman–Crippen MR) is 96.7 cm³/mol. The minimum absolute atomic E-state index is 0.0137. The van der Waals surface area contributed by atoms with Gasteiger partial charge in [0, 0.05) is 13.1 Å². The molecule has 1 aliphatic carbocycles. The number of hydrogen-bond acceptors (Lipinski definition) is 3. The number of amides is 2. The second-order valence-corrected chi connectivity index (χ2v) is 6.73. The second kappa shape index (κ2) is 9.04. The number of benzene rings is 1. The minimum Gasteiger partial charge on any atom is -0.394 e. The van der Waals surface area contributed by atoms with Gasteiger partial charge in [-0.2, -0.15) is 0 Å². The molecular formula is C19H31N3O2. The Hall–Kier alpha value is -1.59. The lowest BCUT2D eigenvalue weighted by atomic mass is 9.99. The summed E-state index contributed by atoms with van der Waals surface area (Å²) in [5.41, 5.74) is 1.94. The molecule has 1 aromatic carbocycles. The molecule has 3 N–H and O–H groups in total. The third-order valence-corrected chi connectivity index (χ3v) is 4.99. The number of rotatable bonds is 8. The van der Waals surface area contributed by atoms with Gasteiger partial charge in [-0.25, -0.2) is 4.79 Å². The lowest BCUT2D eigenvalue weighted by Crippen LogP contribution is -2.52. The summed E-state index contributed by atoms with van der Waals surface area (Å²) in [6.07, 6.45) is 3.84. The summed E-state index contributed by atoms with van der Waals surface area (Å²) in [4.78, 5) is 14.5. The lowest BCUT2D eigenvalue weighted by molar-refractivity contribution is 0.163. The van der Waals surface area contributed by atoms with Gasteiger partial charge in [-0.3, -0.25) is 4.90 Å². The molecule has 2 amide bonds. The lowest BCUT2D eigenvalue weighted by Gasteiger charge is -2.28. The Balaban J connectivity index is 1.86. The number of aliphatic hydroxyl groups excluding tert-OH is 1. The number of urea groups is 1. The zero-order valence-electron chi connectivity index (χ0n) is 15.0. The van der Waals surface area contributed by atoms with E-state index in [9.17, 15) is 9.90 Å². The van der Waals surface area contributed by atoms with E-state index in [0.717, 1.165) is 50.9 Å². The van der Waals surface area contributed by atoms with Gasteiger partial charge < -0.3 is 15.7 Å². The maximum absolute atomic E-state index is 12.2. The van der Waals surface area contributed by atoms with Gasteiger partial charge in [0.2, 0.25) is 0 Å². The van der Waals surface area contributed by atoms with Crippen molar-refractivity contribution in [1.29, 1.82) is 0 Å². The maximum atomic E-state index is 12.2. The molecule has 1 aromatic rings. The largest absolute Gasteiger partial charge is 0.394 e. The fourth-order valence-electron chi connectivity index (χ4n) is 3.39. The molecule has 0 spiro atoms. The Morgan fingerprint density at radius 3 is 2.50 bits per heavy atom. The maximum Gasteiger partial charge on any atom is 0.315 e. The van der Waals surface area contributed by atoms with Gasteiger partial charge in [0.1, 0.15) is 0 Å². The van der Waals surface area contributed by atoms with E-state index in [0.29, 0.717) is 6.54 Å². The molecule has 1 saturated carbocycles. The van der Waals surface area contributed by atoms with E-state index in [1.807, 2.05) is 12.1 Å². The van der Waals surface area contributed by atoms with Crippen LogP contribution in [0.25, 0.3) is 0 Å². The Morgan fingerprint density at radius 2 is 1.88 bits per heavy atom. The topological polar surface area (TPSA) is 64.6 Å². The van der Waals surface area contributed by atoms with Gasteiger partial charge in [0.05, 0.1) is 12.1 Å². The summed E-state index contributed by atoms with van der Waals surface area (Å²) in [6, 6.07) is 8.15. The summed E-state index contributed by atoms with van der Waals surface area (Å²) in [6.45, 7) is 7.84. The molecule has 0 aromatic heterocycles. The highest BCUT2D eigenvalue weighted by Gasteiger charge is 2.34. The van der Waals surface area contributed by atoms with E-state index < -0.39 is 5.54 Å². The molecule has 0 saturated heterocycles. The van der Waals surface area contributed by atoms with Crippen LogP contribution >= 0.6 is 0 Å². The average molecular weight is 333 g/mol. The van der Waals surface area contributed by atoms with Gasteiger partial charge in [-0.15, -0.1) is 0 Å². The number of nitrogens with one attached hydrogen (secondary N) is 2. The standard InChI is InChI=1S/C19H31N3O2/c1-3-22(4-2)14-17-9-7-8-16(12-17)13-20-18(24)21-19(15-23)10-5-6-11-19/h7-9,12,23H,3-6,10-11,13-15H2,1-2H3,(H2,20,21,24). The molecule has 0 heterocycles. The molecule has 0 radical (unpaired) electrons. The van der Waals surface area contributed by atoms with Crippen molar-refractivity contribution in [3.8, 4) is 0 Å². The molecule has 24 heavy (non-hydrogen) atoms. The van der Waals surface area contributed by atoms with Crippen LogP contribution in [0.5, 0.6) is 0 Å². The quantitative estimate of drug-likeness (QED) is 0.685. The molecule has 0 aliphatic heterocycles. The smallest absolute Gasteiger partial charge is 0.315 e. The number of nitrogens with zero attached hydrogens (tertiary/aromatic N) is 1. The number of carbonyl (C=O) groups is 1. The monoisotopic (exact) mass is 333 g/mol. The molecule has 1 aliphatic rings. The molecular weight excluding hydrogens is 302 g/mol. The summed E-state index contributed by atoms with van der Waals surface area (Å²) in [5.74, 6) is 0. The predicted octanol–water partition coefficient (Wildman–Crippen LogP) is 2.63. The van der Waals surface area contributed by atoms with Crippen molar-refractivity contribution in [3.05, 3.63) is 35.4 Å². The number of carbonyl (C=O) groups excluding carboxylic acids is 1. The minimum atomic E-state index is -0.422. The van der Waals surface area contributed by atoms with E-state index in [1.165, 1.54) is 5.56 Å². The highest BCUT2D eigenvalue weighted by Crippen LogP contribution is 2.28. The molecule has 0 bridgehead atoms. The van der Waals surface area contributed by atoms with E-state index in [4.69, 9.17) is 0 Å². The van der Waals surface area contributed by atoms with Gasteiger partial charge >= 0.3 is 6.03 Å². The van der Waals surface area contributed by atoms with E-state index in [2.05, 4.69) is 41.5 Å². The first-order valence-corrected chi connectivity index (χ1v) is 9.08. The molecule has 0 atom stereocenters. The van der Waals surface area contributed by atoms with Crippen LogP contribution in [0.2, 0.25) is 0 Å². The SMILES string of the molecule is CCN(CC)Cc1cccc(CNC(=O)NC2(CO)CCCC2)c1. The third kappa shape index (κ3) is 5.21. The first kappa shape index (κ1) is 18.7. The Labute approximate surface area is 145 Å². The molecule has 0 unspecified atom stereocenters. The van der Waals surface area contributed by atoms with Crippen molar-refractivity contribution in [3.63, 3.8) is 0 Å². The van der Waals surface area contributed by atoms with Gasteiger partial charge in [0.15, 0.2) is 0 Å². The summed E-state index contributed by atoms with van der Waals surface area (Å²) in [5, 5.41) is 15.5. The summed E-state index contributed by atoms with van der Waals surface area (Å²) >= 11 is 0. The van der Waals surface area contributed by atoms with Crippen LogP contribution in [0.15, 0.2) is 24.3 Å². The Bertz CT molecular complexity index is 523. The third-order valence-electron chi connectivity index (χ3n) is 4.99. The van der Waals surface area contributed by atoms with Crippen molar-refractivity contribution in [2.45, 2.75) is 58.2 Å². The zero-order chi connectivity index (χ0) is 17.4. The van der Waals surface area contributed by atoms with E-state index in [1.54, 1.807) is 0 Å². The zero-order valence-corrected chi connectivity index (χ0v) is 15.0. The molecule has 5 nitrogen and oxygen atoms in total. The van der Waals surface area contributed by atoms with E-state index in [-0.39, 0.29) is 12.6 Å². The Morgan fingerprint density at radius 1 is 1.21 bits per heavy atom. The second-order valence-electron chi connectivity index (χ2n) is 6.73. The fourth-order valence-corrected chi connectivity index (χ4v) is 3.39. The Kier molecular flexibility index (Phi) is 7.06. The van der Waals surface area contributed by atoms with Crippen LogP contribution in [0.1, 0.15) is 50.7 Å². The van der Waals surface area contributed by atoms with Crippen LogP contribution in [0, 0.1) is 0 Å². The molecule has 5 heteroatoms. The number of aliphatic hydroxyl groups is 1. The summed E-state index contributed by atoms with van der Waals surface area (Å²) < 4.78 is 0. The van der Waals surface area contributed by atoms with Crippen LogP contribution in [-0.4, -0.2) is 41.3 Å². The first-order chi connectivity index (χ1) is 11.6. The van der Waals surface area contributed by atoms with Crippen molar-refractivity contribution in [2.24, 2.45) is 0 Å². The van der Waals surface area contributed by atoms with Crippen molar-refractivity contribution < 1.29 is 9.90 Å². The fraction of sp³-hybridized carbons (Fsp3) is 0.632. The van der Waals surface area contributed by atoms with Crippen LogP contribution in [0.3, 0.4) is 0 Å². The number of hydrogen-bond donors (Lipinski definition) is 3. The van der Waals surface area contributed by atoms with Crippen LogP contribution < -0.4 is 10.6 Å². The van der Waals surface area contributed by atoms with Crippen molar-refractivity contribution >= 4 is 6.03 Å². The van der Waals surface area contributed by atoms with E-state index >= 15 is 0 Å². The average Bonchev–Trinajstić information content (AvgIpc) is 3.07. The van der Waals surface area contributed by atoms with Gasteiger partial charge in [-0.1, -0.05) is 51.0 Å². The molecule has 134 valence electrons.